The number of hydrogen-bond donors (Lipinski definition) is 1. The molecule has 0 aromatic heterocycles. The predicted octanol–water partition coefficient (Wildman–Crippen LogP) is 5.68. The van der Waals surface area contributed by atoms with Gasteiger partial charge in [-0.1, -0.05) is 60.7 Å². The van der Waals surface area contributed by atoms with E-state index in [4.69, 9.17) is 4.99 Å². The number of carbonyl (C=O) groups is 2. The van der Waals surface area contributed by atoms with Crippen molar-refractivity contribution in [3.05, 3.63) is 93.6 Å². The molecule has 1 aliphatic heterocycles. The van der Waals surface area contributed by atoms with E-state index in [9.17, 15) is 9.59 Å². The molecular weight excluding hydrogens is 513 g/mol. The third-order valence-electron chi connectivity index (χ3n) is 5.04. The van der Waals surface area contributed by atoms with Crippen molar-refractivity contribution >= 4 is 51.5 Å². The molecule has 0 bridgehead atoms. The highest BCUT2D eigenvalue weighted by atomic mass is 127. The standard InChI is InChI=1S/C26H24IN3O2/c1-26(2,3)29-25(32)22-18-13-7-9-15-20(18)28-24(23(31)17-11-5-4-6-12-17)30(22)21-16-10-8-14-19(21)27/h4-16,22H,1-3H3,(H,29,32). The molecule has 32 heavy (non-hydrogen) atoms. The molecule has 0 saturated heterocycles. The molecule has 1 amide bonds. The van der Waals surface area contributed by atoms with Gasteiger partial charge in [0.2, 0.25) is 11.7 Å². The first-order chi connectivity index (χ1) is 15.3. The van der Waals surface area contributed by atoms with E-state index in [-0.39, 0.29) is 17.5 Å². The van der Waals surface area contributed by atoms with E-state index in [1.807, 2.05) is 87.5 Å². The Morgan fingerprint density at radius 2 is 1.53 bits per heavy atom. The first-order valence-corrected chi connectivity index (χ1v) is 11.5. The summed E-state index contributed by atoms with van der Waals surface area (Å²) in [4.78, 5) is 33.8. The summed E-state index contributed by atoms with van der Waals surface area (Å²) in [7, 11) is 0. The van der Waals surface area contributed by atoms with Crippen LogP contribution >= 0.6 is 22.6 Å². The highest BCUT2D eigenvalue weighted by Crippen LogP contribution is 2.40. The average Bonchev–Trinajstić information content (AvgIpc) is 2.77. The van der Waals surface area contributed by atoms with Crippen LogP contribution in [0.25, 0.3) is 0 Å². The number of anilines is 1. The number of para-hydroxylation sites is 2. The predicted molar refractivity (Wildman–Crippen MR) is 137 cm³/mol. The molecule has 1 atom stereocenters. The van der Waals surface area contributed by atoms with Crippen LogP contribution in [0.15, 0.2) is 83.9 Å². The Morgan fingerprint density at radius 3 is 2.22 bits per heavy atom. The molecule has 4 rings (SSSR count). The van der Waals surface area contributed by atoms with Crippen molar-refractivity contribution in [3.8, 4) is 0 Å². The van der Waals surface area contributed by atoms with Gasteiger partial charge in [0.05, 0.1) is 11.4 Å². The summed E-state index contributed by atoms with van der Waals surface area (Å²) in [5.41, 5.74) is 2.25. The molecule has 0 spiro atoms. The van der Waals surface area contributed by atoms with Crippen molar-refractivity contribution in [2.45, 2.75) is 32.4 Å². The van der Waals surface area contributed by atoms with Crippen molar-refractivity contribution in [3.63, 3.8) is 0 Å². The van der Waals surface area contributed by atoms with E-state index < -0.39 is 11.6 Å². The van der Waals surface area contributed by atoms with Crippen molar-refractivity contribution in [2.75, 3.05) is 4.90 Å². The van der Waals surface area contributed by atoms with E-state index in [1.54, 1.807) is 17.0 Å². The first-order valence-electron chi connectivity index (χ1n) is 10.4. The molecule has 6 heteroatoms. The van der Waals surface area contributed by atoms with Gasteiger partial charge in [0.15, 0.2) is 5.84 Å². The van der Waals surface area contributed by atoms with Gasteiger partial charge in [-0.3, -0.25) is 9.59 Å². The van der Waals surface area contributed by atoms with Gasteiger partial charge in [0.25, 0.3) is 0 Å². The van der Waals surface area contributed by atoms with Gasteiger partial charge < -0.3 is 10.2 Å². The van der Waals surface area contributed by atoms with Crippen LogP contribution in [-0.4, -0.2) is 23.1 Å². The molecule has 0 radical (unpaired) electrons. The van der Waals surface area contributed by atoms with Crippen LogP contribution in [-0.2, 0) is 4.79 Å². The lowest BCUT2D eigenvalue weighted by atomic mass is 9.96. The Balaban J connectivity index is 1.95. The van der Waals surface area contributed by atoms with E-state index in [1.165, 1.54) is 0 Å². The van der Waals surface area contributed by atoms with Crippen LogP contribution in [0, 0.1) is 3.57 Å². The number of hydrogen-bond acceptors (Lipinski definition) is 4. The molecule has 5 nitrogen and oxygen atoms in total. The summed E-state index contributed by atoms with van der Waals surface area (Å²) < 4.78 is 0.923. The number of benzene rings is 3. The van der Waals surface area contributed by atoms with Gasteiger partial charge in [-0.15, -0.1) is 0 Å². The molecule has 3 aromatic carbocycles. The van der Waals surface area contributed by atoms with Crippen molar-refractivity contribution in [1.29, 1.82) is 0 Å². The zero-order valence-electron chi connectivity index (χ0n) is 18.2. The largest absolute Gasteiger partial charge is 0.349 e. The maximum atomic E-state index is 13.7. The fourth-order valence-electron chi connectivity index (χ4n) is 3.73. The Labute approximate surface area is 201 Å². The smallest absolute Gasteiger partial charge is 0.248 e. The number of fused-ring (bicyclic) bond motifs is 1. The molecule has 1 aliphatic rings. The van der Waals surface area contributed by atoms with E-state index in [0.717, 1.165) is 14.8 Å². The van der Waals surface area contributed by atoms with Crippen LogP contribution in [0.2, 0.25) is 0 Å². The molecule has 162 valence electrons. The first kappa shape index (κ1) is 22.2. The molecule has 0 aliphatic carbocycles. The average molecular weight is 537 g/mol. The summed E-state index contributed by atoms with van der Waals surface area (Å²) in [6, 6.07) is 23.5. The Kier molecular flexibility index (Phi) is 6.15. The summed E-state index contributed by atoms with van der Waals surface area (Å²) in [5, 5.41) is 3.10. The van der Waals surface area contributed by atoms with Crippen LogP contribution in [0.4, 0.5) is 11.4 Å². The normalized spacial score (nSPS) is 15.6. The fourth-order valence-corrected chi connectivity index (χ4v) is 4.37. The van der Waals surface area contributed by atoms with E-state index >= 15 is 0 Å². The van der Waals surface area contributed by atoms with Crippen LogP contribution in [0.3, 0.4) is 0 Å². The number of amides is 1. The number of ketones is 1. The molecule has 0 fully saturated rings. The lowest BCUT2D eigenvalue weighted by molar-refractivity contribution is -0.123. The van der Waals surface area contributed by atoms with Crippen molar-refractivity contribution in [1.82, 2.24) is 5.32 Å². The molecule has 1 unspecified atom stereocenters. The van der Waals surface area contributed by atoms with Crippen LogP contribution in [0.5, 0.6) is 0 Å². The second-order valence-electron chi connectivity index (χ2n) is 8.65. The Bertz CT molecular complexity index is 1200. The Hall–Kier alpha value is -3.00. The summed E-state index contributed by atoms with van der Waals surface area (Å²) in [6.07, 6.45) is 0. The minimum Gasteiger partial charge on any atom is -0.349 e. The van der Waals surface area contributed by atoms with E-state index in [0.29, 0.717) is 11.3 Å². The second kappa shape index (κ2) is 8.86. The summed E-state index contributed by atoms with van der Waals surface area (Å²) >= 11 is 2.23. The van der Waals surface area contributed by atoms with Gasteiger partial charge in [-0.2, -0.15) is 0 Å². The van der Waals surface area contributed by atoms with Crippen molar-refractivity contribution in [2.24, 2.45) is 4.99 Å². The van der Waals surface area contributed by atoms with Gasteiger partial charge in [-0.25, -0.2) is 4.99 Å². The molecule has 3 aromatic rings. The highest BCUT2D eigenvalue weighted by molar-refractivity contribution is 14.1. The van der Waals surface area contributed by atoms with Gasteiger partial charge in [0.1, 0.15) is 6.04 Å². The minimum atomic E-state index is -0.735. The summed E-state index contributed by atoms with van der Waals surface area (Å²) in [5.74, 6) is -0.181. The molecule has 1 heterocycles. The number of rotatable bonds is 4. The number of nitrogens with zero attached hydrogens (tertiary/aromatic N) is 2. The third-order valence-corrected chi connectivity index (χ3v) is 5.95. The number of halogens is 1. The zero-order valence-corrected chi connectivity index (χ0v) is 20.3. The number of aliphatic imine (C=N–C) groups is 1. The second-order valence-corrected chi connectivity index (χ2v) is 9.81. The van der Waals surface area contributed by atoms with Gasteiger partial charge >= 0.3 is 0 Å². The minimum absolute atomic E-state index is 0.183. The molecule has 1 N–H and O–H groups in total. The SMILES string of the molecule is CC(C)(C)NC(=O)C1c2ccccc2N=C(C(=O)c2ccccc2)N1c1ccccc1I. The van der Waals surface area contributed by atoms with Gasteiger partial charge in [-0.05, 0) is 61.6 Å². The molecular formula is C26H24IN3O2. The highest BCUT2D eigenvalue weighted by Gasteiger charge is 2.40. The fraction of sp³-hybridized carbons (Fsp3) is 0.192. The quantitative estimate of drug-likeness (QED) is 0.344. The number of nitrogens with one attached hydrogen (secondary N) is 1. The maximum absolute atomic E-state index is 13.7. The third kappa shape index (κ3) is 4.46. The number of amidine groups is 1. The van der Waals surface area contributed by atoms with Crippen molar-refractivity contribution < 1.29 is 9.59 Å². The molecule has 0 saturated carbocycles. The lowest BCUT2D eigenvalue weighted by Crippen LogP contribution is -2.52. The lowest BCUT2D eigenvalue weighted by Gasteiger charge is -2.38. The maximum Gasteiger partial charge on any atom is 0.248 e. The monoisotopic (exact) mass is 537 g/mol. The Morgan fingerprint density at radius 1 is 0.906 bits per heavy atom. The number of carbonyl (C=O) groups excluding carboxylic acids is 2. The van der Waals surface area contributed by atoms with Crippen LogP contribution < -0.4 is 10.2 Å². The van der Waals surface area contributed by atoms with E-state index in [2.05, 4.69) is 27.9 Å². The number of Topliss-reactive ketones (excluding diaryl/α,β-unsaturated/α-hetero) is 1. The summed E-state index contributed by atoms with van der Waals surface area (Å²) in [6.45, 7) is 5.83. The topological polar surface area (TPSA) is 61.8 Å². The van der Waals surface area contributed by atoms with Crippen LogP contribution in [0.1, 0.15) is 42.7 Å². The van der Waals surface area contributed by atoms with Gasteiger partial charge in [0, 0.05) is 20.2 Å². The zero-order chi connectivity index (χ0) is 22.9.